The minimum absolute atomic E-state index is 0. The highest BCUT2D eigenvalue weighted by molar-refractivity contribution is 7.18. The van der Waals surface area contributed by atoms with Crippen LogP contribution in [-0.4, -0.2) is 36.0 Å². The van der Waals surface area contributed by atoms with E-state index in [0.717, 1.165) is 21.0 Å². The molecule has 0 atom stereocenters. The Morgan fingerprint density at radius 3 is 2.71 bits per heavy atom. The van der Waals surface area contributed by atoms with E-state index in [4.69, 9.17) is 4.74 Å². The fourth-order valence-electron chi connectivity index (χ4n) is 2.31. The Morgan fingerprint density at radius 2 is 1.96 bits per heavy atom. The highest BCUT2D eigenvalue weighted by Crippen LogP contribution is 2.23. The third-order valence-electron chi connectivity index (χ3n) is 3.53. The maximum atomic E-state index is 12.5. The zero-order valence-corrected chi connectivity index (χ0v) is 15.2. The molecule has 1 aromatic heterocycles. The van der Waals surface area contributed by atoms with Crippen LogP contribution in [0.5, 0.6) is 5.75 Å². The Balaban J connectivity index is 0.00000208. The monoisotopic (exact) mass is 362 g/mol. The molecule has 4 nitrogen and oxygen atoms in total. The first-order valence-corrected chi connectivity index (χ1v) is 8.25. The Bertz CT molecular complexity index is 820. The van der Waals surface area contributed by atoms with Crippen LogP contribution in [-0.2, 0) is 0 Å². The van der Waals surface area contributed by atoms with Crippen LogP contribution in [0.3, 0.4) is 0 Å². The molecular weight excluding hydrogens is 344 g/mol. The Morgan fingerprint density at radius 1 is 1.21 bits per heavy atom. The van der Waals surface area contributed by atoms with Crippen molar-refractivity contribution in [3.8, 4) is 5.75 Å². The molecule has 0 fully saturated rings. The molecule has 0 bridgehead atoms. The Hall–Kier alpha value is -2.11. The van der Waals surface area contributed by atoms with Crippen LogP contribution >= 0.6 is 23.7 Å². The molecule has 6 heteroatoms. The lowest BCUT2D eigenvalue weighted by Gasteiger charge is -2.17. The third-order valence-corrected chi connectivity index (χ3v) is 4.46. The minimum atomic E-state index is -0.00499. The molecule has 0 N–H and O–H groups in total. The van der Waals surface area contributed by atoms with Crippen molar-refractivity contribution in [2.45, 2.75) is 6.92 Å². The summed E-state index contributed by atoms with van der Waals surface area (Å²) >= 11 is 1.60. The number of hydrogen-bond donors (Lipinski definition) is 0. The first-order chi connectivity index (χ1) is 11.1. The van der Waals surface area contributed by atoms with Gasteiger partial charge in [0.25, 0.3) is 5.91 Å². The van der Waals surface area contributed by atoms with Crippen molar-refractivity contribution in [2.24, 2.45) is 0 Å². The fraction of sp³-hybridized carbons (Fsp3) is 0.222. The predicted octanol–water partition coefficient (Wildman–Crippen LogP) is 4.18. The number of para-hydroxylation sites is 1. The number of hydrogen-bond acceptors (Lipinski definition) is 4. The van der Waals surface area contributed by atoms with E-state index >= 15 is 0 Å². The number of carbonyl (C=O) groups is 1. The number of rotatable bonds is 5. The van der Waals surface area contributed by atoms with Crippen LogP contribution < -0.4 is 4.74 Å². The first kappa shape index (κ1) is 18.2. The summed E-state index contributed by atoms with van der Waals surface area (Å²) in [5.41, 5.74) is 1.63. The van der Waals surface area contributed by atoms with Gasteiger partial charge in [-0.1, -0.05) is 18.2 Å². The van der Waals surface area contributed by atoms with Gasteiger partial charge in [-0.3, -0.25) is 4.79 Å². The summed E-state index contributed by atoms with van der Waals surface area (Å²) in [7, 11) is 1.79. The molecular formula is C18H19ClN2O2S. The molecule has 0 unspecified atom stereocenters. The number of nitrogens with zero attached hydrogens (tertiary/aromatic N) is 2. The number of aromatic nitrogens is 1. The average Bonchev–Trinajstić information content (AvgIpc) is 2.94. The maximum absolute atomic E-state index is 12.5. The van der Waals surface area contributed by atoms with Crippen molar-refractivity contribution < 1.29 is 9.53 Å². The molecule has 0 aliphatic heterocycles. The number of ether oxygens (including phenoxy) is 1. The first-order valence-electron chi connectivity index (χ1n) is 7.44. The van der Waals surface area contributed by atoms with E-state index in [-0.39, 0.29) is 18.3 Å². The maximum Gasteiger partial charge on any atom is 0.253 e. The summed E-state index contributed by atoms with van der Waals surface area (Å²) in [6, 6.07) is 15.3. The highest BCUT2D eigenvalue weighted by atomic mass is 35.5. The number of carbonyl (C=O) groups excluding carboxylic acids is 1. The molecule has 3 rings (SSSR count). The van der Waals surface area contributed by atoms with Gasteiger partial charge in [0.1, 0.15) is 12.4 Å². The van der Waals surface area contributed by atoms with Crippen LogP contribution in [0.25, 0.3) is 10.2 Å². The van der Waals surface area contributed by atoms with Gasteiger partial charge in [-0.05, 0) is 37.3 Å². The molecule has 126 valence electrons. The zero-order valence-electron chi connectivity index (χ0n) is 13.6. The van der Waals surface area contributed by atoms with Gasteiger partial charge < -0.3 is 9.64 Å². The smallest absolute Gasteiger partial charge is 0.253 e. The highest BCUT2D eigenvalue weighted by Gasteiger charge is 2.13. The molecule has 0 aliphatic carbocycles. The van der Waals surface area contributed by atoms with Crippen LogP contribution in [0.1, 0.15) is 15.4 Å². The van der Waals surface area contributed by atoms with Gasteiger partial charge in [0.05, 0.1) is 21.8 Å². The molecule has 0 spiro atoms. The SMILES string of the molecule is Cc1nc2ccc(C(=O)N(C)CCOc3ccccc3)cc2s1.Cl. The fourth-order valence-corrected chi connectivity index (χ4v) is 3.18. The largest absolute Gasteiger partial charge is 0.492 e. The summed E-state index contributed by atoms with van der Waals surface area (Å²) in [6.45, 7) is 2.97. The molecule has 2 aromatic carbocycles. The third kappa shape index (κ3) is 4.24. The van der Waals surface area contributed by atoms with Gasteiger partial charge in [0.2, 0.25) is 0 Å². The van der Waals surface area contributed by atoms with E-state index in [9.17, 15) is 4.79 Å². The summed E-state index contributed by atoms with van der Waals surface area (Å²) in [5, 5.41) is 1.01. The summed E-state index contributed by atoms with van der Waals surface area (Å²) < 4.78 is 6.68. The van der Waals surface area contributed by atoms with Crippen molar-refractivity contribution in [3.63, 3.8) is 0 Å². The van der Waals surface area contributed by atoms with Gasteiger partial charge in [0.15, 0.2) is 0 Å². The van der Waals surface area contributed by atoms with Crippen molar-refractivity contribution >= 4 is 39.9 Å². The number of amides is 1. The van der Waals surface area contributed by atoms with Gasteiger partial charge >= 0.3 is 0 Å². The number of benzene rings is 2. The molecule has 0 aliphatic rings. The second kappa shape index (κ2) is 8.13. The van der Waals surface area contributed by atoms with Crippen LogP contribution in [0.15, 0.2) is 48.5 Å². The quantitative estimate of drug-likeness (QED) is 0.683. The van der Waals surface area contributed by atoms with E-state index < -0.39 is 0 Å². The van der Waals surface area contributed by atoms with Gasteiger partial charge in [-0.15, -0.1) is 23.7 Å². The van der Waals surface area contributed by atoms with Gasteiger partial charge in [0, 0.05) is 12.6 Å². The van der Waals surface area contributed by atoms with E-state index in [1.54, 1.807) is 23.3 Å². The number of thiazole rings is 1. The van der Waals surface area contributed by atoms with Gasteiger partial charge in [-0.2, -0.15) is 0 Å². The van der Waals surface area contributed by atoms with Crippen molar-refractivity contribution in [1.29, 1.82) is 0 Å². The zero-order chi connectivity index (χ0) is 16.2. The predicted molar refractivity (Wildman–Crippen MR) is 101 cm³/mol. The van der Waals surface area contributed by atoms with Gasteiger partial charge in [-0.25, -0.2) is 4.98 Å². The van der Waals surface area contributed by atoms with E-state index in [1.165, 1.54) is 0 Å². The van der Waals surface area contributed by atoms with Crippen molar-refractivity contribution in [2.75, 3.05) is 20.2 Å². The van der Waals surface area contributed by atoms with Crippen LogP contribution in [0.4, 0.5) is 0 Å². The summed E-state index contributed by atoms with van der Waals surface area (Å²) in [6.07, 6.45) is 0. The second-order valence-electron chi connectivity index (χ2n) is 5.30. The number of aryl methyl sites for hydroxylation is 1. The molecule has 0 saturated carbocycles. The lowest BCUT2D eigenvalue weighted by atomic mass is 10.2. The lowest BCUT2D eigenvalue weighted by molar-refractivity contribution is 0.0774. The summed E-state index contributed by atoms with van der Waals surface area (Å²) in [5.74, 6) is 0.810. The number of fused-ring (bicyclic) bond motifs is 1. The average molecular weight is 363 g/mol. The molecule has 24 heavy (non-hydrogen) atoms. The van der Waals surface area contributed by atoms with Crippen molar-refractivity contribution in [1.82, 2.24) is 9.88 Å². The molecule has 0 saturated heterocycles. The van der Waals surface area contributed by atoms with Crippen LogP contribution in [0.2, 0.25) is 0 Å². The van der Waals surface area contributed by atoms with E-state index in [1.807, 2.05) is 55.5 Å². The second-order valence-corrected chi connectivity index (χ2v) is 6.54. The van der Waals surface area contributed by atoms with Crippen LogP contribution in [0, 0.1) is 6.92 Å². The van der Waals surface area contributed by atoms with Crippen molar-refractivity contribution in [3.05, 3.63) is 59.1 Å². The topological polar surface area (TPSA) is 42.4 Å². The standard InChI is InChI=1S/C18H18N2O2S.ClH/c1-13-19-16-9-8-14(12-17(16)23-13)18(21)20(2)10-11-22-15-6-4-3-5-7-15;/h3-9,12H,10-11H2,1-2H3;1H. The normalized spacial score (nSPS) is 10.2. The summed E-state index contributed by atoms with van der Waals surface area (Å²) in [4.78, 5) is 18.6. The Labute approximate surface area is 151 Å². The molecule has 1 amide bonds. The minimum Gasteiger partial charge on any atom is -0.492 e. The van der Waals surface area contributed by atoms with E-state index in [0.29, 0.717) is 18.7 Å². The number of halogens is 1. The molecule has 1 heterocycles. The van der Waals surface area contributed by atoms with E-state index in [2.05, 4.69) is 4.98 Å². The molecule has 0 radical (unpaired) electrons. The Kier molecular flexibility index (Phi) is 6.17. The lowest BCUT2D eigenvalue weighted by Crippen LogP contribution is -2.30. The molecule has 3 aromatic rings. The number of likely N-dealkylation sites (N-methyl/N-ethyl adjacent to an activating group) is 1.